The van der Waals surface area contributed by atoms with Crippen LogP contribution in [0.3, 0.4) is 0 Å². The highest BCUT2D eigenvalue weighted by Crippen LogP contribution is 2.22. The molecule has 128 valence electrons. The first kappa shape index (κ1) is 19.0. The Balaban J connectivity index is 2.66. The molecule has 6 nitrogen and oxygen atoms in total. The fraction of sp³-hybridized carbons (Fsp3) is 0.529. The third-order valence-corrected chi connectivity index (χ3v) is 3.64. The van der Waals surface area contributed by atoms with Crippen molar-refractivity contribution < 1.29 is 9.59 Å². The van der Waals surface area contributed by atoms with Gasteiger partial charge in [-0.05, 0) is 58.6 Å². The van der Waals surface area contributed by atoms with Gasteiger partial charge >= 0.3 is 11.8 Å². The van der Waals surface area contributed by atoms with E-state index in [0.717, 1.165) is 24.3 Å². The van der Waals surface area contributed by atoms with E-state index in [4.69, 9.17) is 0 Å². The Morgan fingerprint density at radius 3 is 2.26 bits per heavy atom. The number of hydrogen-bond donors (Lipinski definition) is 2. The lowest BCUT2D eigenvalue weighted by molar-refractivity contribution is -0.136. The van der Waals surface area contributed by atoms with Crippen molar-refractivity contribution in [3.05, 3.63) is 23.8 Å². The second kappa shape index (κ2) is 9.15. The number of benzene rings is 1. The second-order valence-corrected chi connectivity index (χ2v) is 5.68. The van der Waals surface area contributed by atoms with Crippen molar-refractivity contribution in [2.24, 2.45) is 0 Å². The summed E-state index contributed by atoms with van der Waals surface area (Å²) >= 11 is 0. The van der Waals surface area contributed by atoms with Crippen LogP contribution in [-0.4, -0.2) is 57.0 Å². The van der Waals surface area contributed by atoms with Crippen molar-refractivity contribution in [3.63, 3.8) is 0 Å². The zero-order valence-electron chi connectivity index (χ0n) is 14.8. The fourth-order valence-electron chi connectivity index (χ4n) is 2.23. The summed E-state index contributed by atoms with van der Waals surface area (Å²) in [6, 6.07) is 5.82. The molecule has 6 heteroatoms. The molecule has 0 unspecified atom stereocenters. The van der Waals surface area contributed by atoms with Gasteiger partial charge < -0.3 is 20.4 Å². The largest absolute Gasteiger partial charge is 0.372 e. The number of likely N-dealkylation sites (N-methyl/N-ethyl adjacent to an activating group) is 1. The van der Waals surface area contributed by atoms with E-state index in [2.05, 4.69) is 29.4 Å². The van der Waals surface area contributed by atoms with Crippen LogP contribution in [0, 0.1) is 6.92 Å². The van der Waals surface area contributed by atoms with Gasteiger partial charge in [0.25, 0.3) is 0 Å². The normalized spacial score (nSPS) is 10.5. The molecular formula is C17H28N4O2. The van der Waals surface area contributed by atoms with Gasteiger partial charge in [-0.2, -0.15) is 0 Å². The molecular weight excluding hydrogens is 292 g/mol. The Bertz CT molecular complexity index is 539. The highest BCUT2D eigenvalue weighted by atomic mass is 16.2. The molecule has 0 aliphatic heterocycles. The highest BCUT2D eigenvalue weighted by Gasteiger charge is 2.14. The van der Waals surface area contributed by atoms with E-state index in [1.165, 1.54) is 0 Å². The molecule has 0 spiro atoms. The maximum atomic E-state index is 11.9. The first-order valence-electron chi connectivity index (χ1n) is 7.98. The van der Waals surface area contributed by atoms with Crippen LogP contribution in [0.1, 0.15) is 19.4 Å². The second-order valence-electron chi connectivity index (χ2n) is 5.68. The molecule has 0 aliphatic rings. The maximum absolute atomic E-state index is 11.9. The monoisotopic (exact) mass is 320 g/mol. The molecule has 0 saturated heterocycles. The number of rotatable bonds is 7. The van der Waals surface area contributed by atoms with Gasteiger partial charge in [-0.1, -0.05) is 0 Å². The van der Waals surface area contributed by atoms with Crippen molar-refractivity contribution in [1.82, 2.24) is 10.2 Å². The van der Waals surface area contributed by atoms with Crippen molar-refractivity contribution >= 4 is 23.2 Å². The van der Waals surface area contributed by atoms with Gasteiger partial charge in [0.2, 0.25) is 0 Å². The zero-order chi connectivity index (χ0) is 17.4. The van der Waals surface area contributed by atoms with Gasteiger partial charge in [-0.15, -0.1) is 0 Å². The molecule has 0 heterocycles. The lowest BCUT2D eigenvalue weighted by Gasteiger charge is -2.22. The van der Waals surface area contributed by atoms with Crippen LogP contribution in [0.25, 0.3) is 0 Å². The predicted molar refractivity (Wildman–Crippen MR) is 94.9 cm³/mol. The van der Waals surface area contributed by atoms with E-state index in [1.54, 1.807) is 0 Å². The minimum Gasteiger partial charge on any atom is -0.372 e. The van der Waals surface area contributed by atoms with E-state index in [0.29, 0.717) is 18.8 Å². The quantitative estimate of drug-likeness (QED) is 0.747. The number of aryl methyl sites for hydroxylation is 1. The molecule has 0 aliphatic carbocycles. The summed E-state index contributed by atoms with van der Waals surface area (Å²) in [5.41, 5.74) is 2.71. The summed E-state index contributed by atoms with van der Waals surface area (Å²) < 4.78 is 0. The number of carbonyl (C=O) groups excluding carboxylic acids is 2. The molecule has 0 fully saturated rings. The Morgan fingerprint density at radius 2 is 1.74 bits per heavy atom. The van der Waals surface area contributed by atoms with Crippen LogP contribution >= 0.6 is 0 Å². The van der Waals surface area contributed by atoms with Crippen LogP contribution < -0.4 is 15.5 Å². The van der Waals surface area contributed by atoms with Crippen molar-refractivity contribution in [2.75, 3.05) is 50.5 Å². The summed E-state index contributed by atoms with van der Waals surface area (Å²) in [6.45, 7) is 9.12. The number of carbonyl (C=O) groups is 2. The summed E-state index contributed by atoms with van der Waals surface area (Å²) in [4.78, 5) is 27.8. The molecule has 0 atom stereocenters. The summed E-state index contributed by atoms with van der Waals surface area (Å²) in [5, 5.41) is 5.27. The van der Waals surface area contributed by atoms with Crippen LogP contribution in [0.5, 0.6) is 0 Å². The maximum Gasteiger partial charge on any atom is 0.313 e. The molecule has 0 saturated carbocycles. The summed E-state index contributed by atoms with van der Waals surface area (Å²) in [6.07, 6.45) is 0. The van der Waals surface area contributed by atoms with Crippen molar-refractivity contribution in [1.29, 1.82) is 0 Å². The average Bonchev–Trinajstić information content (AvgIpc) is 2.50. The number of nitrogens with one attached hydrogen (secondary N) is 2. The first-order chi connectivity index (χ1) is 10.9. The van der Waals surface area contributed by atoms with Crippen molar-refractivity contribution in [3.8, 4) is 0 Å². The van der Waals surface area contributed by atoms with Gasteiger partial charge in [0.05, 0.1) is 0 Å². The number of hydrogen-bond acceptors (Lipinski definition) is 4. The van der Waals surface area contributed by atoms with Crippen LogP contribution in [0.2, 0.25) is 0 Å². The van der Waals surface area contributed by atoms with E-state index in [1.807, 2.05) is 44.1 Å². The lowest BCUT2D eigenvalue weighted by Crippen LogP contribution is -2.38. The van der Waals surface area contributed by atoms with E-state index in [9.17, 15) is 9.59 Å². The minimum atomic E-state index is -0.637. The minimum absolute atomic E-state index is 0.444. The molecule has 2 N–H and O–H groups in total. The van der Waals surface area contributed by atoms with Gasteiger partial charge in [-0.25, -0.2) is 0 Å². The van der Waals surface area contributed by atoms with Crippen LogP contribution in [0.15, 0.2) is 18.2 Å². The molecule has 1 rings (SSSR count). The van der Waals surface area contributed by atoms with E-state index in [-0.39, 0.29) is 0 Å². The number of anilines is 2. The SMILES string of the molecule is CCN(CC)c1ccc(NC(=O)C(=O)NCCN(C)C)c(C)c1. The zero-order valence-corrected chi connectivity index (χ0v) is 14.8. The van der Waals surface area contributed by atoms with Gasteiger partial charge in [0, 0.05) is 37.6 Å². The molecule has 2 amide bonds. The molecule has 23 heavy (non-hydrogen) atoms. The standard InChI is InChI=1S/C17H28N4O2/c1-6-21(7-2)14-8-9-15(13(3)12-14)19-17(23)16(22)18-10-11-20(4)5/h8-9,12H,6-7,10-11H2,1-5H3,(H,18,22)(H,19,23). The number of nitrogens with zero attached hydrogens (tertiary/aromatic N) is 2. The molecule has 1 aromatic rings. The molecule has 0 bridgehead atoms. The Hall–Kier alpha value is -2.08. The molecule has 0 radical (unpaired) electrons. The number of amides is 2. The Morgan fingerprint density at radius 1 is 1.09 bits per heavy atom. The Kier molecular flexibility index (Phi) is 7.54. The van der Waals surface area contributed by atoms with E-state index < -0.39 is 11.8 Å². The third kappa shape index (κ3) is 5.90. The topological polar surface area (TPSA) is 64.7 Å². The van der Waals surface area contributed by atoms with Gasteiger partial charge in [0.1, 0.15) is 0 Å². The Labute approximate surface area is 138 Å². The predicted octanol–water partition coefficient (Wildman–Crippen LogP) is 1.46. The highest BCUT2D eigenvalue weighted by molar-refractivity contribution is 6.39. The third-order valence-electron chi connectivity index (χ3n) is 3.64. The van der Waals surface area contributed by atoms with Crippen LogP contribution in [0.4, 0.5) is 11.4 Å². The average molecular weight is 320 g/mol. The smallest absolute Gasteiger partial charge is 0.313 e. The van der Waals surface area contributed by atoms with Crippen LogP contribution in [-0.2, 0) is 9.59 Å². The fourth-order valence-corrected chi connectivity index (χ4v) is 2.23. The van der Waals surface area contributed by atoms with Gasteiger partial charge in [-0.3, -0.25) is 9.59 Å². The van der Waals surface area contributed by atoms with Crippen molar-refractivity contribution in [2.45, 2.75) is 20.8 Å². The molecule has 1 aromatic carbocycles. The van der Waals surface area contributed by atoms with E-state index >= 15 is 0 Å². The lowest BCUT2D eigenvalue weighted by atomic mass is 10.1. The molecule has 0 aromatic heterocycles. The summed E-state index contributed by atoms with van der Waals surface area (Å²) in [7, 11) is 3.82. The first-order valence-corrected chi connectivity index (χ1v) is 7.98. The summed E-state index contributed by atoms with van der Waals surface area (Å²) in [5.74, 6) is -1.25. The van der Waals surface area contributed by atoms with Gasteiger partial charge in [0.15, 0.2) is 0 Å².